The maximum absolute atomic E-state index is 12.7. The van der Waals surface area contributed by atoms with Crippen LogP contribution in [0.15, 0.2) is 76.5 Å². The van der Waals surface area contributed by atoms with Crippen LogP contribution in [0.1, 0.15) is 24.1 Å². The number of aromatic nitrogens is 3. The largest absolute Gasteiger partial charge is 0.461 e. The number of hydrogen-bond acceptors (Lipinski definition) is 7. The summed E-state index contributed by atoms with van der Waals surface area (Å²) in [5.74, 6) is 2.78. The fourth-order valence-electron chi connectivity index (χ4n) is 3.57. The third-order valence-corrected chi connectivity index (χ3v) is 6.22. The van der Waals surface area contributed by atoms with Crippen LogP contribution < -0.4 is 14.8 Å². The summed E-state index contributed by atoms with van der Waals surface area (Å²) in [7, 11) is 0. The summed E-state index contributed by atoms with van der Waals surface area (Å²) in [5.41, 5.74) is 2.05. The van der Waals surface area contributed by atoms with Crippen LogP contribution in [-0.2, 0) is 11.3 Å². The molecule has 0 fully saturated rings. The second-order valence-electron chi connectivity index (χ2n) is 7.55. The van der Waals surface area contributed by atoms with Gasteiger partial charge in [0.15, 0.2) is 22.4 Å². The number of amides is 1. The Morgan fingerprint density at radius 2 is 1.94 bits per heavy atom. The van der Waals surface area contributed by atoms with Gasteiger partial charge in [-0.25, -0.2) is 0 Å². The van der Waals surface area contributed by atoms with Crippen molar-refractivity contribution in [1.29, 1.82) is 0 Å². The smallest absolute Gasteiger partial charge is 0.231 e. The van der Waals surface area contributed by atoms with E-state index in [9.17, 15) is 4.79 Å². The first-order chi connectivity index (χ1) is 16.2. The van der Waals surface area contributed by atoms with Crippen molar-refractivity contribution in [3.8, 4) is 23.1 Å². The molecule has 1 aliphatic rings. The van der Waals surface area contributed by atoms with Crippen LogP contribution in [0.5, 0.6) is 11.5 Å². The van der Waals surface area contributed by atoms with E-state index >= 15 is 0 Å². The minimum Gasteiger partial charge on any atom is -0.461 e. The summed E-state index contributed by atoms with van der Waals surface area (Å²) in [4.78, 5) is 12.7. The summed E-state index contributed by atoms with van der Waals surface area (Å²) in [6, 6.07) is 19.2. The van der Waals surface area contributed by atoms with E-state index in [1.807, 2.05) is 72.2 Å². The van der Waals surface area contributed by atoms with Gasteiger partial charge in [0.1, 0.15) is 0 Å². The number of benzene rings is 2. The van der Waals surface area contributed by atoms with E-state index < -0.39 is 0 Å². The highest BCUT2D eigenvalue weighted by Crippen LogP contribution is 2.34. The highest BCUT2D eigenvalue weighted by Gasteiger charge is 2.20. The van der Waals surface area contributed by atoms with E-state index in [-0.39, 0.29) is 24.5 Å². The van der Waals surface area contributed by atoms with Crippen LogP contribution in [-0.4, -0.2) is 33.2 Å². The lowest BCUT2D eigenvalue weighted by molar-refractivity contribution is -0.119. The fourth-order valence-corrected chi connectivity index (χ4v) is 4.32. The monoisotopic (exact) mass is 462 g/mol. The van der Waals surface area contributed by atoms with Gasteiger partial charge in [-0.2, -0.15) is 0 Å². The molecular formula is C24H22N4O4S. The average Bonchev–Trinajstić information content (AvgIpc) is 3.59. The van der Waals surface area contributed by atoms with Crippen LogP contribution in [0.25, 0.3) is 11.6 Å². The minimum atomic E-state index is -0.173. The molecule has 1 N–H and O–H groups in total. The normalized spacial score (nSPS) is 13.1. The lowest BCUT2D eigenvalue weighted by Crippen LogP contribution is -2.28. The Kier molecular flexibility index (Phi) is 6.03. The van der Waals surface area contributed by atoms with E-state index in [0.717, 1.165) is 16.9 Å². The topological polar surface area (TPSA) is 91.4 Å². The predicted octanol–water partition coefficient (Wildman–Crippen LogP) is 4.28. The molecule has 0 spiro atoms. The lowest BCUT2D eigenvalue weighted by Gasteiger charge is -2.15. The minimum absolute atomic E-state index is 0.0982. The molecule has 0 radical (unpaired) electrons. The molecule has 0 saturated heterocycles. The Bertz CT molecular complexity index is 1240. The van der Waals surface area contributed by atoms with Crippen molar-refractivity contribution in [3.05, 3.63) is 78.1 Å². The number of carbonyl (C=O) groups excluding carboxylic acids is 1. The molecule has 1 aliphatic heterocycles. The zero-order valence-electron chi connectivity index (χ0n) is 17.9. The quantitative estimate of drug-likeness (QED) is 0.391. The van der Waals surface area contributed by atoms with Gasteiger partial charge in [-0.1, -0.05) is 48.2 Å². The van der Waals surface area contributed by atoms with Crippen molar-refractivity contribution in [1.82, 2.24) is 20.1 Å². The predicted molar refractivity (Wildman–Crippen MR) is 123 cm³/mol. The van der Waals surface area contributed by atoms with Crippen LogP contribution in [0.2, 0.25) is 0 Å². The number of hydrogen-bond donors (Lipinski definition) is 1. The average molecular weight is 463 g/mol. The summed E-state index contributed by atoms with van der Waals surface area (Å²) in [6.45, 7) is 2.73. The molecule has 33 heavy (non-hydrogen) atoms. The van der Waals surface area contributed by atoms with E-state index in [2.05, 4.69) is 15.5 Å². The Balaban J connectivity index is 1.27. The first-order valence-corrected chi connectivity index (χ1v) is 11.5. The van der Waals surface area contributed by atoms with Gasteiger partial charge in [0.25, 0.3) is 0 Å². The molecular weight excluding hydrogens is 440 g/mol. The van der Waals surface area contributed by atoms with Gasteiger partial charge >= 0.3 is 0 Å². The lowest BCUT2D eigenvalue weighted by atomic mass is 10.1. The molecule has 168 valence electrons. The van der Waals surface area contributed by atoms with Gasteiger partial charge in [0.05, 0.1) is 24.6 Å². The van der Waals surface area contributed by atoms with Crippen LogP contribution in [0.3, 0.4) is 0 Å². The van der Waals surface area contributed by atoms with Crippen molar-refractivity contribution < 1.29 is 18.7 Å². The van der Waals surface area contributed by atoms with Gasteiger partial charge in [-0.3, -0.25) is 9.36 Å². The second kappa shape index (κ2) is 9.41. The standard InChI is InChI=1S/C24H22N4O4S/c1-16(18-9-10-19-21(12-18)32-15-31-19)25-22(29)14-33-24-27-26-23(20-8-5-11-30-20)28(24)13-17-6-3-2-4-7-17/h2-12,16H,13-15H2,1H3,(H,25,29)/t16-/m0/s1. The Hall–Kier alpha value is -3.72. The molecule has 4 aromatic rings. The summed E-state index contributed by atoms with van der Waals surface area (Å²) < 4.78 is 18.3. The zero-order chi connectivity index (χ0) is 22.6. The maximum Gasteiger partial charge on any atom is 0.231 e. The van der Waals surface area contributed by atoms with Crippen LogP contribution >= 0.6 is 11.8 Å². The Labute approximate surface area is 194 Å². The number of thioether (sulfide) groups is 1. The molecule has 0 unspecified atom stereocenters. The molecule has 1 amide bonds. The van der Waals surface area contributed by atoms with Crippen molar-refractivity contribution in [3.63, 3.8) is 0 Å². The first-order valence-electron chi connectivity index (χ1n) is 10.5. The van der Waals surface area contributed by atoms with E-state index in [4.69, 9.17) is 13.9 Å². The van der Waals surface area contributed by atoms with Crippen molar-refractivity contribution in [2.75, 3.05) is 12.5 Å². The number of furan rings is 1. The van der Waals surface area contributed by atoms with Gasteiger partial charge in [0, 0.05) is 0 Å². The molecule has 2 aromatic heterocycles. The number of rotatable bonds is 8. The number of ether oxygens (including phenoxy) is 2. The SMILES string of the molecule is C[C@H](NC(=O)CSc1nnc(-c2ccco2)n1Cc1ccccc1)c1ccc2c(c1)OCO2. The molecule has 0 bridgehead atoms. The van der Waals surface area contributed by atoms with Gasteiger partial charge in [0.2, 0.25) is 18.5 Å². The maximum atomic E-state index is 12.7. The van der Waals surface area contributed by atoms with Crippen molar-refractivity contribution >= 4 is 17.7 Å². The molecule has 3 heterocycles. The first kappa shape index (κ1) is 21.1. The van der Waals surface area contributed by atoms with E-state index in [1.165, 1.54) is 11.8 Å². The number of fused-ring (bicyclic) bond motifs is 1. The fraction of sp³-hybridized carbons (Fsp3) is 0.208. The molecule has 9 heteroatoms. The Morgan fingerprint density at radius 3 is 2.76 bits per heavy atom. The Morgan fingerprint density at radius 1 is 1.09 bits per heavy atom. The highest BCUT2D eigenvalue weighted by molar-refractivity contribution is 7.99. The van der Waals surface area contributed by atoms with E-state index in [1.54, 1.807) is 6.26 Å². The van der Waals surface area contributed by atoms with Crippen LogP contribution in [0.4, 0.5) is 0 Å². The van der Waals surface area contributed by atoms with Gasteiger partial charge in [-0.05, 0) is 42.3 Å². The molecule has 0 aliphatic carbocycles. The van der Waals surface area contributed by atoms with Gasteiger partial charge < -0.3 is 19.2 Å². The third-order valence-electron chi connectivity index (χ3n) is 5.25. The molecule has 1 atom stereocenters. The highest BCUT2D eigenvalue weighted by atomic mass is 32.2. The zero-order valence-corrected chi connectivity index (χ0v) is 18.7. The van der Waals surface area contributed by atoms with Crippen LogP contribution in [0, 0.1) is 0 Å². The number of nitrogens with zero attached hydrogens (tertiary/aromatic N) is 3. The third kappa shape index (κ3) is 4.73. The summed E-state index contributed by atoms with van der Waals surface area (Å²) in [5, 5.41) is 12.3. The summed E-state index contributed by atoms with van der Waals surface area (Å²) in [6.07, 6.45) is 1.61. The van der Waals surface area contributed by atoms with Gasteiger partial charge in [-0.15, -0.1) is 10.2 Å². The second-order valence-corrected chi connectivity index (χ2v) is 8.49. The van der Waals surface area contributed by atoms with E-state index in [0.29, 0.717) is 29.0 Å². The number of nitrogens with one attached hydrogen (secondary N) is 1. The van der Waals surface area contributed by atoms with Crippen molar-refractivity contribution in [2.24, 2.45) is 0 Å². The number of carbonyl (C=O) groups is 1. The molecule has 0 saturated carbocycles. The molecule has 5 rings (SSSR count). The molecule has 2 aromatic carbocycles. The molecule has 8 nitrogen and oxygen atoms in total. The summed E-state index contributed by atoms with van der Waals surface area (Å²) >= 11 is 1.34. The van der Waals surface area contributed by atoms with Crippen molar-refractivity contribution in [2.45, 2.75) is 24.7 Å².